The Morgan fingerprint density at radius 3 is 2.65 bits per heavy atom. The molecule has 31 heavy (non-hydrogen) atoms. The maximum atomic E-state index is 11.5. The number of H-pyrrole nitrogens is 1. The number of fused-ring (bicyclic) bond motifs is 2. The lowest BCUT2D eigenvalue weighted by molar-refractivity contribution is 0.0528. The summed E-state index contributed by atoms with van der Waals surface area (Å²) in [6.07, 6.45) is 9.62. The number of amides is 1. The van der Waals surface area contributed by atoms with Crippen LogP contribution in [0.25, 0.3) is 21.8 Å². The van der Waals surface area contributed by atoms with E-state index in [1.54, 1.807) is 30.7 Å². The number of carboxylic acid groups (broad SMARTS) is 1. The fourth-order valence-electron chi connectivity index (χ4n) is 2.99. The predicted molar refractivity (Wildman–Crippen MR) is 117 cm³/mol. The van der Waals surface area contributed by atoms with Gasteiger partial charge in [-0.3, -0.25) is 14.5 Å². The van der Waals surface area contributed by atoms with E-state index >= 15 is 0 Å². The van der Waals surface area contributed by atoms with E-state index in [9.17, 15) is 9.59 Å². The van der Waals surface area contributed by atoms with Crippen LogP contribution in [0.2, 0.25) is 0 Å². The van der Waals surface area contributed by atoms with Crippen molar-refractivity contribution in [3.05, 3.63) is 60.9 Å². The largest absolute Gasteiger partial charge is 0.464 e. The van der Waals surface area contributed by atoms with Gasteiger partial charge in [-0.05, 0) is 51.0 Å². The van der Waals surface area contributed by atoms with Gasteiger partial charge < -0.3 is 20.1 Å². The molecule has 0 atom stereocenters. The Hall–Kier alpha value is -3.88. The Labute approximate surface area is 179 Å². The van der Waals surface area contributed by atoms with Crippen LogP contribution < -0.4 is 5.32 Å². The zero-order valence-electron chi connectivity index (χ0n) is 17.6. The number of hydrogen-bond acceptors (Lipinski definition) is 5. The van der Waals surface area contributed by atoms with Crippen LogP contribution >= 0.6 is 0 Å². The Kier molecular flexibility index (Phi) is 6.54. The van der Waals surface area contributed by atoms with E-state index in [1.807, 2.05) is 39.2 Å². The minimum absolute atomic E-state index is 0.384. The lowest BCUT2D eigenvalue weighted by Crippen LogP contribution is -2.33. The van der Waals surface area contributed by atoms with Crippen molar-refractivity contribution >= 4 is 34.0 Å². The first-order chi connectivity index (χ1) is 14.7. The molecular weight excluding hydrogens is 398 g/mol. The molecule has 0 unspecified atom stereocenters. The average Bonchev–Trinajstić information content (AvgIpc) is 3.32. The zero-order chi connectivity index (χ0) is 22.4. The van der Waals surface area contributed by atoms with Gasteiger partial charge in [0.25, 0.3) is 0 Å². The predicted octanol–water partition coefficient (Wildman–Crippen LogP) is 4.19. The topological polar surface area (TPSA) is 122 Å². The quantitative estimate of drug-likeness (QED) is 0.454. The van der Waals surface area contributed by atoms with Crippen molar-refractivity contribution in [3.8, 4) is 0 Å². The molecule has 0 bridgehead atoms. The summed E-state index contributed by atoms with van der Waals surface area (Å²) >= 11 is 0. The van der Waals surface area contributed by atoms with Crippen molar-refractivity contribution in [2.45, 2.75) is 32.8 Å². The first kappa shape index (κ1) is 21.8. The lowest BCUT2D eigenvalue weighted by atomic mass is 10.1. The van der Waals surface area contributed by atoms with Crippen molar-refractivity contribution in [1.82, 2.24) is 24.8 Å². The van der Waals surface area contributed by atoms with Gasteiger partial charge in [0.05, 0.1) is 5.52 Å². The van der Waals surface area contributed by atoms with Gasteiger partial charge in [-0.25, -0.2) is 9.59 Å². The Morgan fingerprint density at radius 2 is 1.90 bits per heavy atom. The second-order valence-corrected chi connectivity index (χ2v) is 7.82. The highest BCUT2D eigenvalue weighted by Crippen LogP contribution is 2.16. The van der Waals surface area contributed by atoms with Gasteiger partial charge >= 0.3 is 12.2 Å². The number of alkyl carbamates (subject to hydrolysis) is 1. The van der Waals surface area contributed by atoms with Crippen LogP contribution in [-0.2, 0) is 11.2 Å². The van der Waals surface area contributed by atoms with Crippen molar-refractivity contribution in [3.63, 3.8) is 0 Å². The Balaban J connectivity index is 0.000000194. The summed E-state index contributed by atoms with van der Waals surface area (Å²) in [4.78, 5) is 33.3. The van der Waals surface area contributed by atoms with Crippen LogP contribution in [0.4, 0.5) is 9.59 Å². The number of carbonyl (C=O) groups excluding carboxylic acids is 1. The molecule has 0 aliphatic rings. The fraction of sp³-hybridized carbons (Fsp3) is 0.273. The van der Waals surface area contributed by atoms with Crippen LogP contribution in [0.15, 0.2) is 55.4 Å². The van der Waals surface area contributed by atoms with Crippen LogP contribution in [0, 0.1) is 0 Å². The highest BCUT2D eigenvalue weighted by molar-refractivity contribution is 5.88. The van der Waals surface area contributed by atoms with Crippen molar-refractivity contribution in [2.24, 2.45) is 0 Å². The van der Waals surface area contributed by atoms with E-state index in [2.05, 4.69) is 20.3 Å². The maximum absolute atomic E-state index is 11.5. The average molecular weight is 423 g/mol. The lowest BCUT2D eigenvalue weighted by Gasteiger charge is -2.19. The number of nitrogens with zero attached hydrogens (tertiary/aromatic N) is 3. The normalized spacial score (nSPS) is 11.1. The van der Waals surface area contributed by atoms with Crippen LogP contribution in [0.5, 0.6) is 0 Å². The van der Waals surface area contributed by atoms with Gasteiger partial charge in [0.1, 0.15) is 5.60 Å². The molecule has 162 valence electrons. The number of rotatable bonds is 3. The molecule has 4 aromatic rings. The Bertz CT molecular complexity index is 1190. The number of hydrogen-bond donors (Lipinski definition) is 3. The molecule has 0 radical (unpaired) electrons. The monoisotopic (exact) mass is 423 g/mol. The van der Waals surface area contributed by atoms with Crippen molar-refractivity contribution in [2.75, 3.05) is 6.54 Å². The summed E-state index contributed by atoms with van der Waals surface area (Å²) in [7, 11) is 0. The second kappa shape index (κ2) is 9.29. The molecule has 4 rings (SSSR count). The molecule has 9 heteroatoms. The third-order valence-corrected chi connectivity index (χ3v) is 4.33. The number of pyridine rings is 2. The zero-order valence-corrected chi connectivity index (χ0v) is 17.6. The third-order valence-electron chi connectivity index (χ3n) is 4.33. The SMILES string of the molecule is CC(C)(C)OC(=O)NCCc1c[nH]c2ccncc12.O=C(O)n1ccc2cnccc21. The number of nitrogens with one attached hydrogen (secondary N) is 2. The summed E-state index contributed by atoms with van der Waals surface area (Å²) in [6.45, 7) is 6.07. The molecule has 9 nitrogen and oxygen atoms in total. The smallest absolute Gasteiger partial charge is 0.416 e. The number of aromatic nitrogens is 4. The van der Waals surface area contributed by atoms with E-state index in [4.69, 9.17) is 9.84 Å². The minimum atomic E-state index is -0.976. The maximum Gasteiger partial charge on any atom is 0.416 e. The van der Waals surface area contributed by atoms with E-state index in [1.165, 1.54) is 6.20 Å². The molecule has 1 amide bonds. The second-order valence-electron chi connectivity index (χ2n) is 7.82. The van der Waals surface area contributed by atoms with Gasteiger partial charge in [-0.2, -0.15) is 0 Å². The summed E-state index contributed by atoms with van der Waals surface area (Å²) < 4.78 is 6.34. The van der Waals surface area contributed by atoms with Crippen LogP contribution in [0.3, 0.4) is 0 Å². The van der Waals surface area contributed by atoms with Crippen LogP contribution in [0.1, 0.15) is 26.3 Å². The first-order valence-electron chi connectivity index (χ1n) is 9.76. The number of aromatic amines is 1. The van der Waals surface area contributed by atoms with E-state index < -0.39 is 11.7 Å². The first-order valence-corrected chi connectivity index (χ1v) is 9.76. The molecule has 0 fully saturated rings. The summed E-state index contributed by atoms with van der Waals surface area (Å²) in [5, 5.41) is 13.4. The van der Waals surface area contributed by atoms with Gasteiger partial charge in [-0.15, -0.1) is 0 Å². The Morgan fingerprint density at radius 1 is 1.16 bits per heavy atom. The fourth-order valence-corrected chi connectivity index (χ4v) is 2.99. The summed E-state index contributed by atoms with van der Waals surface area (Å²) in [5.41, 5.74) is 2.40. The highest BCUT2D eigenvalue weighted by Gasteiger charge is 2.15. The number of carbonyl (C=O) groups is 2. The van der Waals surface area contributed by atoms with E-state index in [0.717, 1.165) is 32.8 Å². The van der Waals surface area contributed by atoms with Crippen molar-refractivity contribution < 1.29 is 19.4 Å². The molecule has 4 aromatic heterocycles. The molecule has 0 spiro atoms. The molecule has 0 saturated carbocycles. The molecule has 4 heterocycles. The highest BCUT2D eigenvalue weighted by atomic mass is 16.6. The molecular formula is C22H25N5O4. The van der Waals surface area contributed by atoms with E-state index in [0.29, 0.717) is 12.1 Å². The number of ether oxygens (including phenoxy) is 1. The van der Waals surface area contributed by atoms with Gasteiger partial charge in [0.2, 0.25) is 0 Å². The molecule has 0 saturated heterocycles. The third kappa shape index (κ3) is 5.81. The molecule has 0 aliphatic heterocycles. The molecule has 0 aliphatic carbocycles. The van der Waals surface area contributed by atoms with Gasteiger partial charge in [0, 0.05) is 60.0 Å². The molecule has 3 N–H and O–H groups in total. The summed E-state index contributed by atoms with van der Waals surface area (Å²) in [5.74, 6) is 0. The minimum Gasteiger partial charge on any atom is -0.464 e. The summed E-state index contributed by atoms with van der Waals surface area (Å²) in [6, 6.07) is 5.32. The van der Waals surface area contributed by atoms with Crippen molar-refractivity contribution in [1.29, 1.82) is 0 Å². The van der Waals surface area contributed by atoms with Gasteiger partial charge in [0.15, 0.2) is 0 Å². The van der Waals surface area contributed by atoms with Crippen LogP contribution in [-0.4, -0.2) is 49.0 Å². The van der Waals surface area contributed by atoms with E-state index in [-0.39, 0.29) is 6.09 Å². The molecule has 0 aromatic carbocycles. The van der Waals surface area contributed by atoms with Gasteiger partial charge in [-0.1, -0.05) is 0 Å². The standard InChI is InChI=1S/C14H19N3O2.C8H6N2O2/c1-14(2,3)19-13(18)16-7-4-10-8-17-12-5-6-15-9-11(10)12;11-8(12)10-4-2-6-5-9-3-1-7(6)10/h5-6,8-9,17H,4,7H2,1-3H3,(H,16,18);1-5H,(H,11,12).